The number of carbonyl (C=O) groups is 2. The molecule has 0 aromatic carbocycles. The van der Waals surface area contributed by atoms with Crippen molar-refractivity contribution in [1.29, 1.82) is 0 Å². The first-order valence-electron chi connectivity index (χ1n) is 7.52. The van der Waals surface area contributed by atoms with Crippen LogP contribution in [0.15, 0.2) is 0 Å². The van der Waals surface area contributed by atoms with E-state index in [1.807, 2.05) is 11.8 Å². The summed E-state index contributed by atoms with van der Waals surface area (Å²) in [6, 6.07) is 0.296. The molecule has 7 heteroatoms. The van der Waals surface area contributed by atoms with Gasteiger partial charge in [-0.1, -0.05) is 18.3 Å². The van der Waals surface area contributed by atoms with Crippen molar-refractivity contribution in [2.24, 2.45) is 0 Å². The number of carbonyl (C=O) groups excluding carboxylic acids is 2. The van der Waals surface area contributed by atoms with Gasteiger partial charge in [0.05, 0.1) is 0 Å². The Morgan fingerprint density at radius 1 is 1.33 bits per heavy atom. The summed E-state index contributed by atoms with van der Waals surface area (Å²) < 4.78 is 0. The van der Waals surface area contributed by atoms with Gasteiger partial charge in [-0.3, -0.25) is 9.59 Å². The molecule has 0 saturated carbocycles. The van der Waals surface area contributed by atoms with E-state index >= 15 is 0 Å². The lowest BCUT2D eigenvalue weighted by molar-refractivity contribution is -0.135. The average molecular weight is 310 g/mol. The number of nitrogens with zero attached hydrogens (tertiary/aromatic N) is 3. The zero-order chi connectivity index (χ0) is 15.2. The molecular weight excluding hydrogens is 288 g/mol. The molecule has 21 heavy (non-hydrogen) atoms. The highest BCUT2D eigenvalue weighted by atomic mass is 32.1. The van der Waals surface area contributed by atoms with Crippen LogP contribution in [0, 0.1) is 0 Å². The summed E-state index contributed by atoms with van der Waals surface area (Å²) in [6.45, 7) is 4.88. The van der Waals surface area contributed by atoms with E-state index in [2.05, 4.69) is 22.4 Å². The van der Waals surface area contributed by atoms with Crippen molar-refractivity contribution in [2.45, 2.75) is 58.4 Å². The van der Waals surface area contributed by atoms with E-state index in [9.17, 15) is 9.59 Å². The third kappa shape index (κ3) is 4.49. The summed E-state index contributed by atoms with van der Waals surface area (Å²) in [7, 11) is 0. The number of amides is 2. The molecule has 1 aliphatic rings. The first-order valence-corrected chi connectivity index (χ1v) is 8.33. The molecule has 1 atom stereocenters. The molecule has 2 heterocycles. The summed E-state index contributed by atoms with van der Waals surface area (Å²) in [5, 5.41) is 11.9. The molecule has 1 fully saturated rings. The van der Waals surface area contributed by atoms with Crippen molar-refractivity contribution in [3.8, 4) is 0 Å². The van der Waals surface area contributed by atoms with Crippen LogP contribution >= 0.6 is 11.3 Å². The van der Waals surface area contributed by atoms with E-state index in [0.717, 1.165) is 30.8 Å². The Kier molecular flexibility index (Phi) is 5.67. The largest absolute Gasteiger partial charge is 0.340 e. The number of hydrogen-bond acceptors (Lipinski definition) is 5. The normalized spacial score (nSPS) is 18.6. The van der Waals surface area contributed by atoms with Gasteiger partial charge in [-0.05, 0) is 32.6 Å². The molecule has 1 saturated heterocycles. The van der Waals surface area contributed by atoms with Gasteiger partial charge in [0, 0.05) is 25.4 Å². The molecule has 1 unspecified atom stereocenters. The maximum atomic E-state index is 12.1. The number of aryl methyl sites for hydroxylation is 1. The quantitative estimate of drug-likeness (QED) is 0.905. The van der Waals surface area contributed by atoms with Crippen LogP contribution in [0.2, 0.25) is 0 Å². The highest BCUT2D eigenvalue weighted by molar-refractivity contribution is 7.15. The second-order valence-electron chi connectivity index (χ2n) is 5.33. The monoisotopic (exact) mass is 310 g/mol. The number of nitrogens with one attached hydrogen (secondary N) is 1. The van der Waals surface area contributed by atoms with Crippen LogP contribution in [0.5, 0.6) is 0 Å². The van der Waals surface area contributed by atoms with E-state index in [1.54, 1.807) is 0 Å². The first kappa shape index (κ1) is 15.9. The number of likely N-dealkylation sites (tertiary alicyclic amines) is 1. The molecule has 1 aromatic heterocycles. The predicted molar refractivity (Wildman–Crippen MR) is 82.2 cm³/mol. The van der Waals surface area contributed by atoms with Crippen molar-refractivity contribution in [3.63, 3.8) is 0 Å². The fourth-order valence-electron chi connectivity index (χ4n) is 2.46. The van der Waals surface area contributed by atoms with Crippen LogP contribution in [-0.2, 0) is 16.0 Å². The standard InChI is InChI=1S/C14H22N4O2S/c1-3-12-16-17-14(21-12)15-11(19)7-8-13(20)18-9-5-4-6-10(18)2/h10H,3-9H2,1-2H3,(H,15,17,19). The van der Waals surface area contributed by atoms with Gasteiger partial charge in [-0.25, -0.2) is 0 Å². The van der Waals surface area contributed by atoms with E-state index in [1.165, 1.54) is 17.8 Å². The minimum atomic E-state index is -0.174. The predicted octanol–water partition coefficient (Wildman–Crippen LogP) is 2.22. The molecule has 6 nitrogen and oxygen atoms in total. The number of aromatic nitrogens is 2. The summed E-state index contributed by atoms with van der Waals surface area (Å²) in [6.07, 6.45) is 4.56. The maximum absolute atomic E-state index is 12.1. The first-order chi connectivity index (χ1) is 10.1. The summed E-state index contributed by atoms with van der Waals surface area (Å²) in [5.41, 5.74) is 0. The second-order valence-corrected chi connectivity index (χ2v) is 6.40. The molecule has 1 aromatic rings. The van der Waals surface area contributed by atoms with Crippen LogP contribution in [-0.4, -0.2) is 39.5 Å². The Balaban J connectivity index is 1.76. The summed E-state index contributed by atoms with van der Waals surface area (Å²) in [4.78, 5) is 25.9. The lowest BCUT2D eigenvalue weighted by Gasteiger charge is -2.33. The van der Waals surface area contributed by atoms with Crippen molar-refractivity contribution in [3.05, 3.63) is 5.01 Å². The molecule has 1 N–H and O–H groups in total. The molecule has 116 valence electrons. The van der Waals surface area contributed by atoms with Gasteiger partial charge >= 0.3 is 0 Å². The van der Waals surface area contributed by atoms with Gasteiger partial charge in [-0.2, -0.15) is 0 Å². The van der Waals surface area contributed by atoms with Gasteiger partial charge in [0.1, 0.15) is 5.01 Å². The molecule has 0 bridgehead atoms. The number of hydrogen-bond donors (Lipinski definition) is 1. The highest BCUT2D eigenvalue weighted by Gasteiger charge is 2.23. The minimum absolute atomic E-state index is 0.0730. The molecular formula is C14H22N4O2S. The lowest BCUT2D eigenvalue weighted by atomic mass is 10.0. The van der Waals surface area contributed by atoms with Gasteiger partial charge in [-0.15, -0.1) is 10.2 Å². The van der Waals surface area contributed by atoms with Gasteiger partial charge in [0.25, 0.3) is 0 Å². The van der Waals surface area contributed by atoms with Crippen LogP contribution in [0.25, 0.3) is 0 Å². The average Bonchev–Trinajstić information content (AvgIpc) is 2.93. The molecule has 1 aliphatic heterocycles. The molecule has 2 rings (SSSR count). The van der Waals surface area contributed by atoms with Crippen LogP contribution in [0.1, 0.15) is 51.0 Å². The third-order valence-electron chi connectivity index (χ3n) is 3.70. The second kappa shape index (κ2) is 7.49. The van der Waals surface area contributed by atoms with Crippen LogP contribution < -0.4 is 5.32 Å². The van der Waals surface area contributed by atoms with E-state index in [0.29, 0.717) is 11.2 Å². The van der Waals surface area contributed by atoms with E-state index in [4.69, 9.17) is 0 Å². The fraction of sp³-hybridized carbons (Fsp3) is 0.714. The Hall–Kier alpha value is -1.50. The van der Waals surface area contributed by atoms with Crippen molar-refractivity contribution in [2.75, 3.05) is 11.9 Å². The Bertz CT molecular complexity index is 503. The minimum Gasteiger partial charge on any atom is -0.340 e. The zero-order valence-corrected chi connectivity index (χ0v) is 13.4. The molecule has 0 aliphatic carbocycles. The maximum Gasteiger partial charge on any atom is 0.226 e. The Morgan fingerprint density at radius 2 is 2.14 bits per heavy atom. The Labute approximate surface area is 128 Å². The summed E-state index contributed by atoms with van der Waals surface area (Å²) in [5.74, 6) is -0.101. The fourth-order valence-corrected chi connectivity index (χ4v) is 3.16. The van der Waals surface area contributed by atoms with E-state index in [-0.39, 0.29) is 24.7 Å². The van der Waals surface area contributed by atoms with Crippen molar-refractivity contribution in [1.82, 2.24) is 15.1 Å². The number of piperidine rings is 1. The highest BCUT2D eigenvalue weighted by Crippen LogP contribution is 2.18. The number of anilines is 1. The molecule has 2 amide bonds. The summed E-state index contributed by atoms with van der Waals surface area (Å²) >= 11 is 1.37. The van der Waals surface area contributed by atoms with Crippen LogP contribution in [0.3, 0.4) is 0 Å². The van der Waals surface area contributed by atoms with E-state index < -0.39 is 0 Å². The van der Waals surface area contributed by atoms with Crippen molar-refractivity contribution >= 4 is 28.3 Å². The topological polar surface area (TPSA) is 75.2 Å². The van der Waals surface area contributed by atoms with Gasteiger partial charge in [0.15, 0.2) is 0 Å². The lowest BCUT2D eigenvalue weighted by Crippen LogP contribution is -2.42. The number of rotatable bonds is 5. The zero-order valence-electron chi connectivity index (χ0n) is 12.6. The Morgan fingerprint density at radius 3 is 2.81 bits per heavy atom. The van der Waals surface area contributed by atoms with Gasteiger partial charge < -0.3 is 10.2 Å². The van der Waals surface area contributed by atoms with Crippen LogP contribution in [0.4, 0.5) is 5.13 Å². The SMILES string of the molecule is CCc1nnc(NC(=O)CCC(=O)N2CCCCC2C)s1. The third-order valence-corrected chi connectivity index (χ3v) is 4.69. The van der Waals surface area contributed by atoms with Crippen molar-refractivity contribution < 1.29 is 9.59 Å². The molecule has 0 radical (unpaired) electrons. The smallest absolute Gasteiger partial charge is 0.226 e. The molecule has 0 spiro atoms. The van der Waals surface area contributed by atoms with Gasteiger partial charge in [0.2, 0.25) is 16.9 Å².